The van der Waals surface area contributed by atoms with Gasteiger partial charge in [0.05, 0.1) is 5.69 Å². The van der Waals surface area contributed by atoms with Gasteiger partial charge in [0.1, 0.15) is 12.1 Å². The second-order valence-corrected chi connectivity index (χ2v) is 8.54. The van der Waals surface area contributed by atoms with Crippen molar-refractivity contribution in [1.82, 2.24) is 14.5 Å². The first-order valence-electron chi connectivity index (χ1n) is 9.59. The molecule has 0 amide bonds. The van der Waals surface area contributed by atoms with Crippen molar-refractivity contribution in [3.05, 3.63) is 83.4 Å². The van der Waals surface area contributed by atoms with Crippen LogP contribution >= 0.6 is 23.4 Å². The van der Waals surface area contributed by atoms with Gasteiger partial charge in [-0.05, 0) is 48.9 Å². The van der Waals surface area contributed by atoms with E-state index in [0.29, 0.717) is 6.04 Å². The highest BCUT2D eigenvalue weighted by atomic mass is 35.5. The molecule has 0 unspecified atom stereocenters. The summed E-state index contributed by atoms with van der Waals surface area (Å²) in [5, 5.41) is 1.89. The molecule has 3 atom stereocenters. The number of benzene rings is 1. The molecule has 2 aliphatic heterocycles. The molecule has 142 valence electrons. The van der Waals surface area contributed by atoms with Crippen LogP contribution in [0.3, 0.4) is 0 Å². The minimum Gasteiger partial charge on any atom is -0.337 e. The zero-order valence-electron chi connectivity index (χ0n) is 15.6. The summed E-state index contributed by atoms with van der Waals surface area (Å²) >= 11 is 8.14. The molecule has 4 heterocycles. The van der Waals surface area contributed by atoms with Gasteiger partial charge in [0, 0.05) is 40.6 Å². The number of hydrogen-bond acceptors (Lipinski definition) is 4. The van der Waals surface area contributed by atoms with Gasteiger partial charge in [-0.1, -0.05) is 42.4 Å². The van der Waals surface area contributed by atoms with Crippen LogP contribution in [0.2, 0.25) is 5.02 Å². The highest BCUT2D eigenvalue weighted by Crippen LogP contribution is 2.48. The van der Waals surface area contributed by atoms with E-state index in [1.165, 1.54) is 5.69 Å². The summed E-state index contributed by atoms with van der Waals surface area (Å²) in [5.74, 6) is 1.10. The molecule has 1 saturated heterocycles. The molecule has 1 aromatic carbocycles. The van der Waals surface area contributed by atoms with Crippen LogP contribution in [-0.2, 0) is 0 Å². The standard InChI is InChI=1S/C22H21ClN4S/c1-2-16-14-28-22-25-20(18-9-3-4-11-24-18)21(27(16)22)19-10-6-12-26(19)17-8-5-7-15(23)13-17/h3-13,16,20-21H,2,14H2,1H3/t16-,20+,21+/m0/s1. The van der Waals surface area contributed by atoms with Crippen LogP contribution in [0, 0.1) is 0 Å². The maximum Gasteiger partial charge on any atom is 0.160 e. The van der Waals surface area contributed by atoms with Gasteiger partial charge in [0.25, 0.3) is 0 Å². The third-order valence-corrected chi connectivity index (χ3v) is 6.86. The fourth-order valence-corrected chi connectivity index (χ4v) is 5.69. The molecule has 0 radical (unpaired) electrons. The van der Waals surface area contributed by atoms with E-state index < -0.39 is 0 Å². The van der Waals surface area contributed by atoms with Gasteiger partial charge in [-0.2, -0.15) is 0 Å². The van der Waals surface area contributed by atoms with E-state index in [0.717, 1.165) is 33.7 Å². The first-order chi connectivity index (χ1) is 13.8. The molecule has 3 aromatic rings. The van der Waals surface area contributed by atoms with Crippen LogP contribution < -0.4 is 0 Å². The fourth-order valence-electron chi connectivity index (χ4n) is 4.17. The smallest absolute Gasteiger partial charge is 0.160 e. The first-order valence-corrected chi connectivity index (χ1v) is 11.0. The van der Waals surface area contributed by atoms with Crippen molar-refractivity contribution in [2.24, 2.45) is 4.99 Å². The number of thioether (sulfide) groups is 1. The van der Waals surface area contributed by atoms with Gasteiger partial charge in [-0.15, -0.1) is 0 Å². The number of rotatable bonds is 4. The third kappa shape index (κ3) is 2.93. The molecular formula is C22H21ClN4S. The van der Waals surface area contributed by atoms with Gasteiger partial charge in [0.2, 0.25) is 0 Å². The van der Waals surface area contributed by atoms with Crippen molar-refractivity contribution < 1.29 is 0 Å². The number of pyridine rings is 1. The lowest BCUT2D eigenvalue weighted by molar-refractivity contribution is 0.249. The summed E-state index contributed by atoms with van der Waals surface area (Å²) in [6.07, 6.45) is 5.07. The molecule has 28 heavy (non-hydrogen) atoms. The topological polar surface area (TPSA) is 33.4 Å². The minimum atomic E-state index is -0.00844. The first kappa shape index (κ1) is 17.8. The quantitative estimate of drug-likeness (QED) is 0.571. The minimum absolute atomic E-state index is 0.00844. The number of nitrogens with zero attached hydrogens (tertiary/aromatic N) is 4. The lowest BCUT2D eigenvalue weighted by Crippen LogP contribution is -2.36. The van der Waals surface area contributed by atoms with Crippen molar-refractivity contribution in [2.75, 3.05) is 5.75 Å². The van der Waals surface area contributed by atoms with Gasteiger partial charge in [-0.25, -0.2) is 0 Å². The van der Waals surface area contributed by atoms with Gasteiger partial charge in [-0.3, -0.25) is 9.98 Å². The van der Waals surface area contributed by atoms with Crippen molar-refractivity contribution in [1.29, 1.82) is 0 Å². The average molecular weight is 409 g/mol. The molecule has 6 heteroatoms. The molecule has 4 nitrogen and oxygen atoms in total. The Kier molecular flexibility index (Phi) is 4.65. The third-order valence-electron chi connectivity index (χ3n) is 5.50. The largest absolute Gasteiger partial charge is 0.337 e. The van der Waals surface area contributed by atoms with E-state index >= 15 is 0 Å². The van der Waals surface area contributed by atoms with Crippen molar-refractivity contribution in [3.63, 3.8) is 0 Å². The Bertz CT molecular complexity index is 1020. The van der Waals surface area contributed by atoms with E-state index in [-0.39, 0.29) is 12.1 Å². The number of amidine groups is 1. The van der Waals surface area contributed by atoms with Gasteiger partial charge >= 0.3 is 0 Å². The molecule has 0 bridgehead atoms. The number of aromatic nitrogens is 2. The SMILES string of the molecule is CC[C@H]1CSC2=N[C@H](c3ccccn3)[C@@H](c3cccn3-c3cccc(Cl)c3)N21. The molecule has 2 aliphatic rings. The van der Waals surface area contributed by atoms with E-state index in [2.05, 4.69) is 51.8 Å². The van der Waals surface area contributed by atoms with E-state index in [9.17, 15) is 0 Å². The molecular weight excluding hydrogens is 388 g/mol. The molecule has 5 rings (SSSR count). The Balaban J connectivity index is 1.63. The Hall–Kier alpha value is -2.24. The van der Waals surface area contributed by atoms with E-state index in [4.69, 9.17) is 16.6 Å². The number of aliphatic imine (C=N–C) groups is 1. The average Bonchev–Trinajstić information content (AvgIpc) is 3.43. The van der Waals surface area contributed by atoms with Crippen molar-refractivity contribution in [2.45, 2.75) is 31.5 Å². The van der Waals surface area contributed by atoms with Gasteiger partial charge < -0.3 is 9.47 Å². The van der Waals surface area contributed by atoms with Crippen LogP contribution in [0.5, 0.6) is 0 Å². The highest BCUT2D eigenvalue weighted by molar-refractivity contribution is 8.14. The molecule has 0 N–H and O–H groups in total. The Labute approximate surface area is 174 Å². The summed E-state index contributed by atoms with van der Waals surface area (Å²) in [4.78, 5) is 12.3. The lowest BCUT2D eigenvalue weighted by Gasteiger charge is -2.32. The normalized spacial score (nSPS) is 23.7. The molecule has 0 aliphatic carbocycles. The highest BCUT2D eigenvalue weighted by Gasteiger charge is 2.46. The number of hydrogen-bond donors (Lipinski definition) is 0. The molecule has 2 aromatic heterocycles. The maximum atomic E-state index is 6.27. The maximum absolute atomic E-state index is 6.27. The second kappa shape index (κ2) is 7.30. The summed E-state index contributed by atoms with van der Waals surface area (Å²) in [7, 11) is 0. The Morgan fingerprint density at radius 1 is 1.14 bits per heavy atom. The van der Waals surface area contributed by atoms with Crippen molar-refractivity contribution >= 4 is 28.5 Å². The summed E-state index contributed by atoms with van der Waals surface area (Å²) in [6.45, 7) is 2.26. The van der Waals surface area contributed by atoms with Gasteiger partial charge in [0.15, 0.2) is 5.17 Å². The summed E-state index contributed by atoms with van der Waals surface area (Å²) in [6, 6.07) is 19.0. The molecule has 0 saturated carbocycles. The lowest BCUT2D eigenvalue weighted by atomic mass is 9.99. The van der Waals surface area contributed by atoms with Crippen LogP contribution in [0.15, 0.2) is 72.0 Å². The van der Waals surface area contributed by atoms with Crippen LogP contribution in [0.25, 0.3) is 5.69 Å². The van der Waals surface area contributed by atoms with E-state index in [1.54, 1.807) is 0 Å². The second-order valence-electron chi connectivity index (χ2n) is 7.12. The van der Waals surface area contributed by atoms with Crippen molar-refractivity contribution in [3.8, 4) is 5.69 Å². The number of fused-ring (bicyclic) bond motifs is 1. The van der Waals surface area contributed by atoms with Crippen LogP contribution in [0.4, 0.5) is 0 Å². The van der Waals surface area contributed by atoms with Crippen LogP contribution in [-0.4, -0.2) is 31.4 Å². The van der Waals surface area contributed by atoms with E-state index in [1.807, 2.05) is 48.3 Å². The summed E-state index contributed by atoms with van der Waals surface area (Å²) < 4.78 is 2.24. The summed E-state index contributed by atoms with van der Waals surface area (Å²) in [5.41, 5.74) is 3.31. The fraction of sp³-hybridized carbons (Fsp3) is 0.273. The predicted molar refractivity (Wildman–Crippen MR) is 116 cm³/mol. The monoisotopic (exact) mass is 408 g/mol. The molecule has 0 spiro atoms. The number of halogens is 1. The Morgan fingerprint density at radius 3 is 2.86 bits per heavy atom. The molecule has 1 fully saturated rings. The predicted octanol–water partition coefficient (Wildman–Crippen LogP) is 5.51. The zero-order chi connectivity index (χ0) is 19.1. The van der Waals surface area contributed by atoms with Crippen LogP contribution in [0.1, 0.15) is 36.8 Å². The zero-order valence-corrected chi connectivity index (χ0v) is 17.1. The Morgan fingerprint density at radius 2 is 2.07 bits per heavy atom.